The minimum Gasteiger partial charge on any atom is -0.696 e. The van der Waals surface area contributed by atoms with Gasteiger partial charge in [0, 0.05) is 5.02 Å². The minimum absolute atomic E-state index is 0.299. The summed E-state index contributed by atoms with van der Waals surface area (Å²) in [5.74, 6) is 0. The van der Waals surface area contributed by atoms with Crippen molar-refractivity contribution < 1.29 is 4.86 Å². The lowest BCUT2D eigenvalue weighted by molar-refractivity contribution is -0.497. The largest absolute Gasteiger partial charge is 0.696 e. The van der Waals surface area contributed by atoms with Crippen molar-refractivity contribution in [2.75, 3.05) is 12.5 Å². The molecule has 0 fully saturated rings. The zero-order valence-electron chi connectivity index (χ0n) is 7.09. The second-order valence-electron chi connectivity index (χ2n) is 2.42. The van der Waals surface area contributed by atoms with Gasteiger partial charge in [-0.15, -0.1) is 5.43 Å². The third-order valence-corrected chi connectivity index (χ3v) is 2.12. The average molecular weight is 255 g/mol. The Hall–Kier alpha value is -0.710. The maximum absolute atomic E-state index is 10.5. The molecular formula is C7H6Cl3N3O. The highest BCUT2D eigenvalue weighted by Gasteiger charge is 2.10. The van der Waals surface area contributed by atoms with Crippen LogP contribution >= 0.6 is 34.8 Å². The first kappa shape index (κ1) is 11.4. The number of hydroxylamine groups is 1. The molecule has 1 aromatic rings. The Bertz CT molecular complexity index is 353. The van der Waals surface area contributed by atoms with Crippen molar-refractivity contribution >= 4 is 40.5 Å². The molecule has 1 N–H and O–H groups in total. The highest BCUT2D eigenvalue weighted by molar-refractivity contribution is 6.41. The van der Waals surface area contributed by atoms with Crippen LogP contribution in [0.1, 0.15) is 0 Å². The summed E-state index contributed by atoms with van der Waals surface area (Å²) in [6, 6.07) is 3.00. The number of halogens is 3. The molecule has 0 radical (unpaired) electrons. The fourth-order valence-electron chi connectivity index (χ4n) is 0.769. The number of benzene rings is 1. The number of hydrogen-bond acceptors (Lipinski definition) is 2. The zero-order valence-corrected chi connectivity index (χ0v) is 9.36. The molecule has 0 aliphatic heterocycles. The summed E-state index contributed by atoms with van der Waals surface area (Å²) in [5, 5.41) is 14.9. The Kier molecular flexibility index (Phi) is 3.80. The van der Waals surface area contributed by atoms with E-state index in [2.05, 4.69) is 10.6 Å². The number of rotatable bonds is 2. The first-order valence-electron chi connectivity index (χ1n) is 3.53. The van der Waals surface area contributed by atoms with Gasteiger partial charge in [0.05, 0.1) is 15.3 Å². The van der Waals surface area contributed by atoms with Gasteiger partial charge in [-0.1, -0.05) is 34.8 Å². The second-order valence-corrected chi connectivity index (χ2v) is 3.67. The van der Waals surface area contributed by atoms with Crippen LogP contribution in [0.2, 0.25) is 15.1 Å². The molecule has 0 saturated carbocycles. The van der Waals surface area contributed by atoms with Crippen molar-refractivity contribution in [3.63, 3.8) is 0 Å². The summed E-state index contributed by atoms with van der Waals surface area (Å²) in [6.07, 6.45) is 0. The van der Waals surface area contributed by atoms with E-state index in [1.807, 2.05) is 0 Å². The van der Waals surface area contributed by atoms with Crippen LogP contribution in [0, 0.1) is 5.21 Å². The first-order valence-corrected chi connectivity index (χ1v) is 4.66. The molecule has 1 rings (SSSR count). The molecular weight excluding hydrogens is 248 g/mol. The van der Waals surface area contributed by atoms with Gasteiger partial charge < -0.3 is 5.21 Å². The van der Waals surface area contributed by atoms with Crippen LogP contribution in [0.3, 0.4) is 0 Å². The Balaban J connectivity index is 3.03. The first-order chi connectivity index (χ1) is 6.50. The predicted molar refractivity (Wildman–Crippen MR) is 57.1 cm³/mol. The molecule has 0 bridgehead atoms. The van der Waals surface area contributed by atoms with E-state index < -0.39 is 0 Å². The van der Waals surface area contributed by atoms with Crippen molar-refractivity contribution in [2.24, 2.45) is 5.22 Å². The van der Waals surface area contributed by atoms with Crippen LogP contribution < -0.4 is 5.43 Å². The maximum atomic E-state index is 10.5. The van der Waals surface area contributed by atoms with Crippen molar-refractivity contribution in [2.45, 2.75) is 0 Å². The van der Waals surface area contributed by atoms with Gasteiger partial charge in [-0.3, -0.25) is 0 Å². The van der Waals surface area contributed by atoms with E-state index in [-0.39, 0.29) is 0 Å². The summed E-state index contributed by atoms with van der Waals surface area (Å²) in [5.41, 5.74) is 2.77. The number of nitrogens with one attached hydrogen (secondary N) is 1. The number of hydrogen-bond donors (Lipinski definition) is 1. The second kappa shape index (κ2) is 4.68. The van der Waals surface area contributed by atoms with E-state index in [1.165, 1.54) is 19.2 Å². The molecule has 0 aliphatic rings. The van der Waals surface area contributed by atoms with Crippen molar-refractivity contribution in [1.29, 1.82) is 0 Å². The highest BCUT2D eigenvalue weighted by atomic mass is 35.5. The Morgan fingerprint density at radius 2 is 1.79 bits per heavy atom. The highest BCUT2D eigenvalue weighted by Crippen LogP contribution is 2.33. The van der Waals surface area contributed by atoms with E-state index in [4.69, 9.17) is 34.8 Å². The molecule has 0 spiro atoms. The monoisotopic (exact) mass is 253 g/mol. The van der Waals surface area contributed by atoms with Gasteiger partial charge in [0.25, 0.3) is 0 Å². The van der Waals surface area contributed by atoms with Gasteiger partial charge in [-0.25, -0.2) is 0 Å². The van der Waals surface area contributed by atoms with Gasteiger partial charge in [0.2, 0.25) is 0 Å². The molecule has 0 aromatic heterocycles. The standard InChI is InChI=1S/C7H6Cl3N3O/c1-13(14)12-11-7-5(9)2-4(8)3-6(7)10/h2-3,11H,1H3/b13-12-. The molecule has 0 unspecified atom stereocenters. The summed E-state index contributed by atoms with van der Waals surface area (Å²) in [6.45, 7) is 0. The van der Waals surface area contributed by atoms with E-state index >= 15 is 0 Å². The van der Waals surface area contributed by atoms with Crippen molar-refractivity contribution in [1.82, 2.24) is 0 Å². The molecule has 4 nitrogen and oxygen atoms in total. The summed E-state index contributed by atoms with van der Waals surface area (Å²) < 4.78 is 0. The quantitative estimate of drug-likeness (QED) is 0.498. The van der Waals surface area contributed by atoms with Gasteiger partial charge in [0.15, 0.2) is 5.69 Å². The van der Waals surface area contributed by atoms with Gasteiger partial charge in [-0.2, -0.15) is 4.86 Å². The van der Waals surface area contributed by atoms with E-state index in [0.29, 0.717) is 25.6 Å². The Labute approximate surface area is 95.6 Å². The van der Waals surface area contributed by atoms with E-state index in [9.17, 15) is 5.21 Å². The molecule has 0 heterocycles. The van der Waals surface area contributed by atoms with Gasteiger partial charge in [-0.05, 0) is 12.1 Å². The lowest BCUT2D eigenvalue weighted by Gasteiger charge is -2.02. The number of anilines is 1. The van der Waals surface area contributed by atoms with Gasteiger partial charge in [0.1, 0.15) is 7.05 Å². The molecule has 0 amide bonds. The SMILES string of the molecule is C/[N+]([O-])=N/Nc1c(Cl)cc(Cl)cc1Cl. The Morgan fingerprint density at radius 3 is 2.21 bits per heavy atom. The van der Waals surface area contributed by atoms with Crippen LogP contribution in [0.25, 0.3) is 0 Å². The molecule has 0 atom stereocenters. The summed E-state index contributed by atoms with van der Waals surface area (Å²) in [7, 11) is 1.23. The van der Waals surface area contributed by atoms with Crippen LogP contribution in [0.5, 0.6) is 0 Å². The summed E-state index contributed by atoms with van der Waals surface area (Å²) in [4.78, 5) is 0.348. The number of nitrogens with zero attached hydrogens (tertiary/aromatic N) is 2. The topological polar surface area (TPSA) is 50.5 Å². The lowest BCUT2D eigenvalue weighted by atomic mass is 10.3. The lowest BCUT2D eigenvalue weighted by Crippen LogP contribution is -1.97. The smallest absolute Gasteiger partial charge is 0.184 e. The molecule has 7 heteroatoms. The van der Waals surface area contributed by atoms with Crippen LogP contribution in [0.4, 0.5) is 5.69 Å². The normalized spacial score (nSPS) is 11.6. The van der Waals surface area contributed by atoms with Crippen molar-refractivity contribution in [3.8, 4) is 0 Å². The van der Waals surface area contributed by atoms with Crippen LogP contribution in [-0.2, 0) is 0 Å². The third kappa shape index (κ3) is 2.90. The average Bonchev–Trinajstić information content (AvgIpc) is 2.01. The zero-order chi connectivity index (χ0) is 10.7. The van der Waals surface area contributed by atoms with Gasteiger partial charge >= 0.3 is 0 Å². The van der Waals surface area contributed by atoms with Crippen LogP contribution in [0.15, 0.2) is 17.4 Å². The molecule has 0 saturated heterocycles. The molecule has 14 heavy (non-hydrogen) atoms. The Morgan fingerprint density at radius 1 is 1.29 bits per heavy atom. The maximum Gasteiger partial charge on any atom is 0.184 e. The van der Waals surface area contributed by atoms with E-state index in [1.54, 1.807) is 0 Å². The predicted octanol–water partition coefficient (Wildman–Crippen LogP) is 3.57. The van der Waals surface area contributed by atoms with Crippen molar-refractivity contribution in [3.05, 3.63) is 32.4 Å². The van der Waals surface area contributed by atoms with E-state index in [0.717, 1.165) is 0 Å². The molecule has 0 aliphatic carbocycles. The molecule has 76 valence electrons. The molecule has 1 aromatic carbocycles. The minimum atomic E-state index is 0.299. The fraction of sp³-hybridized carbons (Fsp3) is 0.143. The third-order valence-electron chi connectivity index (χ3n) is 1.31. The fourth-order valence-corrected chi connectivity index (χ4v) is 1.67. The van der Waals surface area contributed by atoms with Crippen LogP contribution in [-0.4, -0.2) is 11.9 Å². The summed E-state index contributed by atoms with van der Waals surface area (Å²) >= 11 is 17.3.